The average Bonchev–Trinajstić information content (AvgIpc) is 3.02. The first-order chi connectivity index (χ1) is 14.2. The molecule has 1 fully saturated rings. The van der Waals surface area contributed by atoms with E-state index >= 15 is 0 Å². The second kappa shape index (κ2) is 6.17. The van der Waals surface area contributed by atoms with Crippen LogP contribution in [0.15, 0.2) is 42.5 Å². The molecule has 0 spiro atoms. The van der Waals surface area contributed by atoms with E-state index in [2.05, 4.69) is 26.1 Å². The van der Waals surface area contributed by atoms with Crippen molar-refractivity contribution in [3.63, 3.8) is 0 Å². The Morgan fingerprint density at radius 3 is 2.37 bits per heavy atom. The molecule has 5 rings (SSSR count). The minimum absolute atomic E-state index is 0.0832. The molecule has 1 heterocycles. The van der Waals surface area contributed by atoms with Gasteiger partial charge in [0.2, 0.25) is 5.91 Å². The highest BCUT2D eigenvalue weighted by Crippen LogP contribution is 2.70. The Balaban J connectivity index is 1.69. The molecule has 0 radical (unpaired) electrons. The highest BCUT2D eigenvalue weighted by molar-refractivity contribution is 6.31. The van der Waals surface area contributed by atoms with Crippen LogP contribution in [0.1, 0.15) is 45.0 Å². The zero-order valence-corrected chi connectivity index (χ0v) is 18.3. The topological polar surface area (TPSA) is 64.1 Å². The summed E-state index contributed by atoms with van der Waals surface area (Å²) in [5, 5.41) is 3.65. The van der Waals surface area contributed by atoms with Crippen LogP contribution in [-0.4, -0.2) is 23.0 Å². The predicted molar refractivity (Wildman–Crippen MR) is 118 cm³/mol. The van der Waals surface area contributed by atoms with Gasteiger partial charge in [-0.25, -0.2) is 9.97 Å². The summed E-state index contributed by atoms with van der Waals surface area (Å²) in [7, 11) is 1.58. The molecule has 2 aliphatic rings. The van der Waals surface area contributed by atoms with Crippen molar-refractivity contribution in [1.29, 1.82) is 0 Å². The average molecular weight is 422 g/mol. The number of hydrogen-bond acceptors (Lipinski definition) is 4. The van der Waals surface area contributed by atoms with Gasteiger partial charge in [-0.15, -0.1) is 0 Å². The normalized spacial score (nSPS) is 25.9. The first kappa shape index (κ1) is 19.3. The molecule has 2 aromatic carbocycles. The van der Waals surface area contributed by atoms with Crippen LogP contribution in [0.25, 0.3) is 11.0 Å². The number of nitrogens with zero attached hydrogens (tertiary/aromatic N) is 2. The summed E-state index contributed by atoms with van der Waals surface area (Å²) in [6.07, 6.45) is 1.62. The Morgan fingerprint density at radius 2 is 1.70 bits per heavy atom. The predicted octanol–water partition coefficient (Wildman–Crippen LogP) is 5.26. The van der Waals surface area contributed by atoms with Crippen LogP contribution >= 0.6 is 11.6 Å². The van der Waals surface area contributed by atoms with Gasteiger partial charge in [0.05, 0.1) is 40.6 Å². The van der Waals surface area contributed by atoms with Gasteiger partial charge in [-0.1, -0.05) is 44.5 Å². The Hall–Kier alpha value is -2.66. The fourth-order valence-corrected chi connectivity index (χ4v) is 5.73. The van der Waals surface area contributed by atoms with Crippen LogP contribution in [0.5, 0.6) is 5.75 Å². The molecular weight excluding hydrogens is 398 g/mol. The van der Waals surface area contributed by atoms with Gasteiger partial charge >= 0.3 is 0 Å². The minimum Gasteiger partial charge on any atom is -0.495 e. The van der Waals surface area contributed by atoms with E-state index in [0.717, 1.165) is 35.3 Å². The van der Waals surface area contributed by atoms with Gasteiger partial charge in [-0.3, -0.25) is 4.79 Å². The minimum atomic E-state index is -0.776. The van der Waals surface area contributed by atoms with Gasteiger partial charge in [0.15, 0.2) is 0 Å². The number of methoxy groups -OCH3 is 1. The Labute approximate surface area is 180 Å². The molecule has 2 atom stereocenters. The number of amides is 1. The third kappa shape index (κ3) is 2.21. The number of hydrogen-bond donors (Lipinski definition) is 1. The number of benzene rings is 2. The van der Waals surface area contributed by atoms with E-state index < -0.39 is 5.41 Å². The zero-order chi connectivity index (χ0) is 21.3. The molecule has 0 saturated heterocycles. The number of halogens is 1. The molecule has 1 amide bonds. The van der Waals surface area contributed by atoms with Crippen LogP contribution < -0.4 is 10.1 Å². The van der Waals surface area contributed by atoms with Crippen molar-refractivity contribution in [3.8, 4) is 5.75 Å². The maximum Gasteiger partial charge on any atom is 0.237 e. The van der Waals surface area contributed by atoms with Crippen molar-refractivity contribution in [2.45, 2.75) is 44.4 Å². The lowest BCUT2D eigenvalue weighted by molar-refractivity contribution is -0.125. The van der Waals surface area contributed by atoms with E-state index in [1.807, 2.05) is 24.3 Å². The number of nitrogens with one attached hydrogen (secondary N) is 1. The van der Waals surface area contributed by atoms with Gasteiger partial charge in [-0.2, -0.15) is 0 Å². The van der Waals surface area contributed by atoms with Crippen molar-refractivity contribution < 1.29 is 9.53 Å². The van der Waals surface area contributed by atoms with E-state index in [1.54, 1.807) is 25.3 Å². The summed E-state index contributed by atoms with van der Waals surface area (Å²) in [6, 6.07) is 13.1. The first-order valence-corrected chi connectivity index (χ1v) is 10.6. The number of carbonyl (C=O) groups is 1. The number of ether oxygens (including phenoxy) is 1. The van der Waals surface area contributed by atoms with Gasteiger partial charge in [0.25, 0.3) is 0 Å². The monoisotopic (exact) mass is 421 g/mol. The van der Waals surface area contributed by atoms with Gasteiger partial charge in [-0.05, 0) is 48.6 Å². The molecule has 154 valence electrons. The van der Waals surface area contributed by atoms with Crippen LogP contribution in [-0.2, 0) is 15.6 Å². The highest BCUT2D eigenvalue weighted by atomic mass is 35.5. The fraction of sp³-hybridized carbons (Fsp3) is 0.375. The van der Waals surface area contributed by atoms with Gasteiger partial charge in [0.1, 0.15) is 5.75 Å². The lowest BCUT2D eigenvalue weighted by Crippen LogP contribution is -2.48. The smallest absolute Gasteiger partial charge is 0.237 e. The highest BCUT2D eigenvalue weighted by Gasteiger charge is 2.73. The number of fused-ring (bicyclic) bond motifs is 6. The second-order valence-corrected chi connectivity index (χ2v) is 9.51. The number of para-hydroxylation sites is 2. The summed E-state index contributed by atoms with van der Waals surface area (Å²) < 4.78 is 5.44. The molecule has 1 saturated carbocycles. The lowest BCUT2D eigenvalue weighted by atomic mass is 9.63. The Morgan fingerprint density at radius 1 is 1.03 bits per heavy atom. The molecule has 3 aromatic rings. The molecule has 2 aliphatic carbocycles. The molecule has 1 N–H and O–H groups in total. The Kier molecular flexibility index (Phi) is 3.97. The van der Waals surface area contributed by atoms with Crippen molar-refractivity contribution in [1.82, 2.24) is 9.97 Å². The van der Waals surface area contributed by atoms with Crippen molar-refractivity contribution in [3.05, 3.63) is 58.9 Å². The quantitative estimate of drug-likeness (QED) is 0.626. The van der Waals surface area contributed by atoms with Gasteiger partial charge in [0, 0.05) is 10.4 Å². The third-order valence-corrected chi connectivity index (χ3v) is 7.98. The molecule has 2 bridgehead atoms. The van der Waals surface area contributed by atoms with Crippen LogP contribution in [0, 0.1) is 5.41 Å². The van der Waals surface area contributed by atoms with E-state index in [-0.39, 0.29) is 16.7 Å². The molecule has 0 unspecified atom stereocenters. The second-order valence-electron chi connectivity index (χ2n) is 9.07. The molecule has 5 nitrogen and oxygen atoms in total. The van der Waals surface area contributed by atoms with E-state index in [0.29, 0.717) is 16.5 Å². The first-order valence-electron chi connectivity index (χ1n) is 10.2. The van der Waals surface area contributed by atoms with Crippen LogP contribution in [0.2, 0.25) is 5.02 Å². The number of aromatic nitrogens is 2. The number of anilines is 1. The fourth-order valence-electron chi connectivity index (χ4n) is 5.56. The van der Waals surface area contributed by atoms with Crippen molar-refractivity contribution >= 4 is 34.2 Å². The summed E-state index contributed by atoms with van der Waals surface area (Å²) in [5.41, 5.74) is 2.65. The SMILES string of the molecule is COc1ccc(Cl)cc1NC(=O)[C@@]12CC[C@@](C)(c3nc4ccccc4nc31)C2(C)C. The number of carbonyl (C=O) groups excluding carboxylic acids is 1. The van der Waals surface area contributed by atoms with Gasteiger partial charge < -0.3 is 10.1 Å². The summed E-state index contributed by atoms with van der Waals surface area (Å²) in [6.45, 7) is 6.56. The molecule has 0 aliphatic heterocycles. The summed E-state index contributed by atoms with van der Waals surface area (Å²) in [5.74, 6) is 0.491. The number of rotatable bonds is 3. The summed E-state index contributed by atoms with van der Waals surface area (Å²) >= 11 is 6.19. The zero-order valence-electron chi connectivity index (χ0n) is 17.5. The van der Waals surface area contributed by atoms with E-state index in [1.165, 1.54) is 0 Å². The van der Waals surface area contributed by atoms with E-state index in [9.17, 15) is 4.79 Å². The van der Waals surface area contributed by atoms with Crippen LogP contribution in [0.3, 0.4) is 0 Å². The maximum absolute atomic E-state index is 14.0. The lowest BCUT2D eigenvalue weighted by Gasteiger charge is -2.39. The molecule has 30 heavy (non-hydrogen) atoms. The van der Waals surface area contributed by atoms with Crippen LogP contribution in [0.4, 0.5) is 5.69 Å². The van der Waals surface area contributed by atoms with Crippen molar-refractivity contribution in [2.75, 3.05) is 12.4 Å². The van der Waals surface area contributed by atoms with Crippen molar-refractivity contribution in [2.24, 2.45) is 5.41 Å². The third-order valence-electron chi connectivity index (χ3n) is 7.74. The standard InChI is InChI=1S/C24H24ClN3O2/c1-22(2)23(3)11-12-24(22,20-19(23)26-15-7-5-6-8-16(15)27-20)21(29)28-17-13-14(25)9-10-18(17)30-4/h5-10,13H,11-12H2,1-4H3,(H,28,29)/t23-,24+/m0/s1. The Bertz CT molecular complexity index is 1210. The maximum atomic E-state index is 14.0. The largest absolute Gasteiger partial charge is 0.495 e. The molecular formula is C24H24ClN3O2. The summed E-state index contributed by atoms with van der Waals surface area (Å²) in [4.78, 5) is 23.9. The molecule has 6 heteroatoms. The molecule has 1 aromatic heterocycles. The van der Waals surface area contributed by atoms with E-state index in [4.69, 9.17) is 26.3 Å².